The molecule has 2 aliphatic heterocycles. The fourth-order valence-electron chi connectivity index (χ4n) is 5.38. The van der Waals surface area contributed by atoms with Crippen molar-refractivity contribution in [3.63, 3.8) is 0 Å². The monoisotopic (exact) mass is 438 g/mol. The van der Waals surface area contributed by atoms with Crippen LogP contribution in [0.3, 0.4) is 0 Å². The summed E-state index contributed by atoms with van der Waals surface area (Å²) in [5.74, 6) is 1.43. The Morgan fingerprint density at radius 1 is 0.970 bits per heavy atom. The van der Waals surface area contributed by atoms with Crippen LogP contribution in [0.1, 0.15) is 26.3 Å². The normalized spacial score (nSPS) is 21.2. The highest BCUT2D eigenvalue weighted by atomic mass is 16.5. The summed E-state index contributed by atoms with van der Waals surface area (Å²) < 4.78 is 12.3. The number of nitrogens with one attached hydrogen (secondary N) is 1. The molecule has 0 radical (unpaired) electrons. The molecule has 1 spiro atoms. The zero-order valence-electron chi connectivity index (χ0n) is 19.1. The molecule has 2 atom stereocenters. The minimum atomic E-state index is -1.02. The third-order valence-corrected chi connectivity index (χ3v) is 7.20. The van der Waals surface area contributed by atoms with Crippen molar-refractivity contribution in [1.29, 1.82) is 0 Å². The minimum absolute atomic E-state index is 0.497. The number of fused-ring (bicyclic) bond motifs is 6. The van der Waals surface area contributed by atoms with Crippen molar-refractivity contribution in [3.8, 4) is 11.5 Å². The van der Waals surface area contributed by atoms with E-state index in [2.05, 4.69) is 43.4 Å². The number of aliphatic hydroxyl groups excluding tert-OH is 1. The lowest BCUT2D eigenvalue weighted by molar-refractivity contribution is 0.0876. The minimum Gasteiger partial charge on any atom is -0.497 e. The molecule has 0 amide bonds. The fourth-order valence-corrected chi connectivity index (χ4v) is 5.38. The van der Waals surface area contributed by atoms with Gasteiger partial charge in [-0.2, -0.15) is 0 Å². The molecule has 5 heteroatoms. The van der Waals surface area contributed by atoms with Gasteiger partial charge in [0.05, 0.1) is 18.6 Å². The van der Waals surface area contributed by atoms with E-state index in [1.807, 2.05) is 42.5 Å². The van der Waals surface area contributed by atoms with Gasteiger partial charge in [0.15, 0.2) is 0 Å². The van der Waals surface area contributed by atoms with Crippen LogP contribution in [-0.4, -0.2) is 29.8 Å². The maximum absolute atomic E-state index is 11.0. The first-order valence-corrected chi connectivity index (χ1v) is 11.2. The molecule has 2 unspecified atom stereocenters. The lowest BCUT2D eigenvalue weighted by Crippen LogP contribution is -2.63. The number of rotatable bonds is 2. The Morgan fingerprint density at radius 3 is 2.48 bits per heavy atom. The van der Waals surface area contributed by atoms with E-state index in [4.69, 9.17) is 14.5 Å². The number of benzene rings is 4. The molecule has 0 saturated heterocycles. The number of ether oxygens (including phenoxy) is 2. The Bertz CT molecular complexity index is 1470. The van der Waals surface area contributed by atoms with Crippen LogP contribution in [0.15, 0.2) is 71.7 Å². The number of anilines is 1. The zero-order chi connectivity index (χ0) is 23.0. The highest BCUT2D eigenvalue weighted by molar-refractivity contribution is 6.10. The fraction of sp³-hybridized carbons (Fsp3) is 0.250. The van der Waals surface area contributed by atoms with E-state index in [1.54, 1.807) is 14.0 Å². The number of aliphatic imine (C=N–C) groups is 1. The molecule has 2 N–H and O–H groups in total. The van der Waals surface area contributed by atoms with Gasteiger partial charge in [-0.05, 0) is 55.3 Å². The second-order valence-corrected chi connectivity index (χ2v) is 9.41. The first-order chi connectivity index (χ1) is 15.9. The van der Waals surface area contributed by atoms with Gasteiger partial charge in [-0.1, -0.05) is 48.5 Å². The van der Waals surface area contributed by atoms with Crippen molar-refractivity contribution in [3.05, 3.63) is 72.3 Å². The van der Waals surface area contributed by atoms with Crippen LogP contribution in [0.5, 0.6) is 11.5 Å². The Kier molecular flexibility index (Phi) is 4.08. The molecule has 33 heavy (non-hydrogen) atoms. The SMILES string of the molecule is COc1ccc2ccc3c(c2c1)N=C(C(C)O)C1(Nc2c(ccc4ccccc24)C1(C)C)O3. The summed E-state index contributed by atoms with van der Waals surface area (Å²) in [6, 6.07) is 22.5. The number of nitrogens with zero attached hydrogens (tertiary/aromatic N) is 1. The maximum atomic E-state index is 11.0. The van der Waals surface area contributed by atoms with E-state index in [0.29, 0.717) is 17.1 Å². The third-order valence-electron chi connectivity index (χ3n) is 7.20. The van der Waals surface area contributed by atoms with E-state index >= 15 is 0 Å². The number of aliphatic hydroxyl groups is 1. The van der Waals surface area contributed by atoms with Gasteiger partial charge in [0.25, 0.3) is 0 Å². The van der Waals surface area contributed by atoms with Crippen LogP contribution in [0.2, 0.25) is 0 Å². The van der Waals surface area contributed by atoms with E-state index in [9.17, 15) is 5.11 Å². The van der Waals surface area contributed by atoms with Crippen LogP contribution in [0, 0.1) is 0 Å². The summed E-state index contributed by atoms with van der Waals surface area (Å²) in [6.45, 7) is 6.04. The molecule has 0 saturated carbocycles. The predicted molar refractivity (Wildman–Crippen MR) is 133 cm³/mol. The lowest BCUT2D eigenvalue weighted by Gasteiger charge is -2.45. The van der Waals surface area contributed by atoms with Crippen molar-refractivity contribution < 1.29 is 14.6 Å². The predicted octanol–water partition coefficient (Wildman–Crippen LogP) is 5.95. The van der Waals surface area contributed by atoms with Gasteiger partial charge in [-0.3, -0.25) is 0 Å². The van der Waals surface area contributed by atoms with Crippen LogP contribution >= 0.6 is 0 Å². The molecule has 0 aliphatic carbocycles. The summed E-state index contributed by atoms with van der Waals surface area (Å²) >= 11 is 0. The summed E-state index contributed by atoms with van der Waals surface area (Å²) in [4.78, 5) is 5.07. The lowest BCUT2D eigenvalue weighted by atomic mass is 9.73. The van der Waals surface area contributed by atoms with Crippen LogP contribution in [0.25, 0.3) is 21.5 Å². The molecular formula is C28H26N2O3. The highest BCUT2D eigenvalue weighted by Crippen LogP contribution is 2.55. The van der Waals surface area contributed by atoms with Crippen molar-refractivity contribution in [2.45, 2.75) is 38.0 Å². The Hall–Kier alpha value is -3.57. The molecule has 0 fully saturated rings. The maximum Gasteiger partial charge on any atom is 0.232 e. The van der Waals surface area contributed by atoms with E-state index < -0.39 is 17.2 Å². The summed E-state index contributed by atoms with van der Waals surface area (Å²) in [5.41, 5.74) is 1.93. The van der Waals surface area contributed by atoms with E-state index in [-0.39, 0.29) is 0 Å². The molecule has 4 aromatic rings. The Balaban J connectivity index is 1.61. The van der Waals surface area contributed by atoms with Crippen molar-refractivity contribution in [1.82, 2.24) is 0 Å². The third kappa shape index (κ3) is 2.60. The topological polar surface area (TPSA) is 63.1 Å². The molecule has 6 rings (SSSR count). The quantitative estimate of drug-likeness (QED) is 0.406. The van der Waals surface area contributed by atoms with Crippen molar-refractivity contribution in [2.24, 2.45) is 4.99 Å². The highest BCUT2D eigenvalue weighted by Gasteiger charge is 2.60. The van der Waals surface area contributed by atoms with Gasteiger partial charge < -0.3 is 19.9 Å². The standard InChI is InChI=1S/C28H26N2O3/c1-16(31)26-28(27(2,3)22-13-10-17-7-5-6-8-20(17)24(22)30-28)33-23-14-11-18-9-12-19(32-4)15-21(18)25(23)29-26/h5-16,30-31H,1-4H3. The number of hydrogen-bond acceptors (Lipinski definition) is 5. The number of hydrogen-bond donors (Lipinski definition) is 2. The van der Waals surface area contributed by atoms with Crippen LogP contribution < -0.4 is 14.8 Å². The second kappa shape index (κ2) is 6.72. The summed E-state index contributed by atoms with van der Waals surface area (Å²) in [6.07, 6.45) is -0.814. The summed E-state index contributed by atoms with van der Waals surface area (Å²) in [7, 11) is 1.65. The van der Waals surface area contributed by atoms with Crippen molar-refractivity contribution >= 4 is 38.6 Å². The summed E-state index contributed by atoms with van der Waals surface area (Å²) in [5, 5.41) is 18.9. The average Bonchev–Trinajstić information content (AvgIpc) is 3.04. The van der Waals surface area contributed by atoms with Gasteiger partial charge in [0.1, 0.15) is 22.9 Å². The first-order valence-electron chi connectivity index (χ1n) is 11.2. The van der Waals surface area contributed by atoms with Crippen molar-refractivity contribution in [2.75, 3.05) is 12.4 Å². The first kappa shape index (κ1) is 20.1. The van der Waals surface area contributed by atoms with Gasteiger partial charge >= 0.3 is 0 Å². The molecule has 4 aromatic carbocycles. The molecule has 2 heterocycles. The smallest absolute Gasteiger partial charge is 0.232 e. The van der Waals surface area contributed by atoms with E-state index in [1.165, 1.54) is 0 Å². The Morgan fingerprint density at radius 2 is 1.70 bits per heavy atom. The van der Waals surface area contributed by atoms with Crippen LogP contribution in [0.4, 0.5) is 11.4 Å². The molecule has 2 aliphatic rings. The van der Waals surface area contributed by atoms with E-state index in [0.717, 1.165) is 38.5 Å². The zero-order valence-corrected chi connectivity index (χ0v) is 19.1. The van der Waals surface area contributed by atoms with Gasteiger partial charge in [0, 0.05) is 16.5 Å². The molecule has 5 nitrogen and oxygen atoms in total. The van der Waals surface area contributed by atoms with Gasteiger partial charge in [-0.25, -0.2) is 4.99 Å². The average molecular weight is 439 g/mol. The van der Waals surface area contributed by atoms with Gasteiger partial charge in [0.2, 0.25) is 5.72 Å². The number of methoxy groups -OCH3 is 1. The van der Waals surface area contributed by atoms with Gasteiger partial charge in [-0.15, -0.1) is 0 Å². The largest absolute Gasteiger partial charge is 0.497 e. The Labute approximate surface area is 192 Å². The molecular weight excluding hydrogens is 412 g/mol. The second-order valence-electron chi connectivity index (χ2n) is 9.41. The molecule has 166 valence electrons. The van der Waals surface area contributed by atoms with Crippen LogP contribution in [-0.2, 0) is 5.41 Å². The molecule has 0 bridgehead atoms. The molecule has 0 aromatic heterocycles.